The Hall–Kier alpha value is -2.22. The lowest BCUT2D eigenvalue weighted by molar-refractivity contribution is -0.215. The number of hydrogen-bond acceptors (Lipinski definition) is 6. The molecule has 0 spiro atoms. The summed E-state index contributed by atoms with van der Waals surface area (Å²) in [5, 5.41) is 2.76. The summed E-state index contributed by atoms with van der Waals surface area (Å²) in [7, 11) is 0. The largest absolute Gasteiger partial charge is 0.470 e. The number of dihydropyridines is 1. The molecule has 3 rings (SSSR count). The summed E-state index contributed by atoms with van der Waals surface area (Å²) in [6.45, 7) is 4.18. The zero-order chi connectivity index (χ0) is 19.6. The molecule has 152 valence electrons. The smallest absolute Gasteiger partial charge is 0.216 e. The van der Waals surface area contributed by atoms with E-state index in [1.54, 1.807) is 0 Å². The Labute approximate surface area is 165 Å². The predicted octanol–water partition coefficient (Wildman–Crippen LogP) is 2.21. The van der Waals surface area contributed by atoms with Gasteiger partial charge in [-0.05, 0) is 24.1 Å². The maximum absolute atomic E-state index is 10.8. The molecule has 2 aliphatic heterocycles. The standard InChI is InChI=1S/C21H28N2O5/c1-16(24)22-11-5-8-21-26-14-19(15-27-21)28-20-10-9-18(12-23-20)25-13-17-6-3-2-4-7-17/h2-4,6-7,9-10,18-19,21H,5,8,11-15H2,1H3,(H,22,24)/t18?,19-,21-. The van der Waals surface area contributed by atoms with Crippen LogP contribution in [-0.2, 0) is 30.3 Å². The van der Waals surface area contributed by atoms with Crippen molar-refractivity contribution in [1.29, 1.82) is 0 Å². The van der Waals surface area contributed by atoms with E-state index < -0.39 is 0 Å². The number of rotatable bonds is 8. The van der Waals surface area contributed by atoms with E-state index >= 15 is 0 Å². The number of nitrogens with one attached hydrogen (secondary N) is 1. The van der Waals surface area contributed by atoms with E-state index in [2.05, 4.69) is 10.3 Å². The molecule has 0 aromatic heterocycles. The second kappa shape index (κ2) is 10.9. The number of carbonyl (C=O) groups excluding carboxylic acids is 1. The molecule has 0 aliphatic carbocycles. The van der Waals surface area contributed by atoms with Crippen LogP contribution in [0.1, 0.15) is 25.3 Å². The van der Waals surface area contributed by atoms with Crippen molar-refractivity contribution >= 4 is 11.8 Å². The lowest BCUT2D eigenvalue weighted by Gasteiger charge is -2.30. The van der Waals surface area contributed by atoms with E-state index in [9.17, 15) is 4.79 Å². The first-order chi connectivity index (χ1) is 13.7. The van der Waals surface area contributed by atoms with Crippen LogP contribution in [0.2, 0.25) is 0 Å². The third-order valence-corrected chi connectivity index (χ3v) is 4.40. The number of aliphatic imine (C=N–C) groups is 1. The Morgan fingerprint density at radius 2 is 2.04 bits per heavy atom. The highest BCUT2D eigenvalue weighted by molar-refractivity contribution is 5.88. The Balaban J connectivity index is 1.30. The van der Waals surface area contributed by atoms with Crippen LogP contribution in [0.25, 0.3) is 0 Å². The topological polar surface area (TPSA) is 78.4 Å². The SMILES string of the molecule is CC(=O)NCCC[C@H]1OC[C@H](OC2=NCC(OCc3ccccc3)C=C2)CO1. The summed E-state index contributed by atoms with van der Waals surface area (Å²) in [4.78, 5) is 15.3. The first kappa shape index (κ1) is 20.5. The van der Waals surface area contributed by atoms with Gasteiger partial charge >= 0.3 is 0 Å². The number of benzene rings is 1. The van der Waals surface area contributed by atoms with Crippen molar-refractivity contribution in [2.45, 2.75) is 44.9 Å². The molecule has 0 bridgehead atoms. The highest BCUT2D eigenvalue weighted by atomic mass is 16.7. The fourth-order valence-electron chi connectivity index (χ4n) is 2.91. The number of nitrogens with zero attached hydrogens (tertiary/aromatic N) is 1. The molecule has 1 N–H and O–H groups in total. The minimum Gasteiger partial charge on any atom is -0.470 e. The Morgan fingerprint density at radius 1 is 1.25 bits per heavy atom. The molecule has 1 aromatic rings. The Kier molecular flexibility index (Phi) is 8.02. The molecule has 1 fully saturated rings. The Bertz CT molecular complexity index is 669. The molecule has 2 aliphatic rings. The van der Waals surface area contributed by atoms with E-state index in [0.717, 1.165) is 18.4 Å². The van der Waals surface area contributed by atoms with E-state index in [4.69, 9.17) is 18.9 Å². The van der Waals surface area contributed by atoms with Gasteiger partial charge in [0.15, 0.2) is 6.29 Å². The van der Waals surface area contributed by atoms with Gasteiger partial charge in [-0.3, -0.25) is 4.79 Å². The molecule has 1 atom stereocenters. The summed E-state index contributed by atoms with van der Waals surface area (Å²) in [5.74, 6) is 0.564. The maximum Gasteiger partial charge on any atom is 0.216 e. The van der Waals surface area contributed by atoms with Crippen LogP contribution in [0, 0.1) is 0 Å². The molecule has 7 nitrogen and oxygen atoms in total. The molecule has 1 amide bonds. The van der Waals surface area contributed by atoms with Gasteiger partial charge in [0, 0.05) is 19.9 Å². The zero-order valence-corrected chi connectivity index (χ0v) is 16.2. The van der Waals surface area contributed by atoms with Crippen molar-refractivity contribution in [3.8, 4) is 0 Å². The lowest BCUT2D eigenvalue weighted by Crippen LogP contribution is -2.39. The van der Waals surface area contributed by atoms with Crippen molar-refractivity contribution in [2.24, 2.45) is 4.99 Å². The molecule has 0 saturated carbocycles. The zero-order valence-electron chi connectivity index (χ0n) is 16.2. The number of hydrogen-bond donors (Lipinski definition) is 1. The van der Waals surface area contributed by atoms with Gasteiger partial charge in [0.25, 0.3) is 0 Å². The number of ether oxygens (including phenoxy) is 4. The van der Waals surface area contributed by atoms with Crippen molar-refractivity contribution in [3.63, 3.8) is 0 Å². The van der Waals surface area contributed by atoms with Crippen LogP contribution in [0.15, 0.2) is 47.5 Å². The van der Waals surface area contributed by atoms with Crippen LogP contribution >= 0.6 is 0 Å². The minimum atomic E-state index is -0.242. The van der Waals surface area contributed by atoms with E-state index in [1.807, 2.05) is 42.5 Å². The van der Waals surface area contributed by atoms with Gasteiger partial charge in [-0.15, -0.1) is 0 Å². The lowest BCUT2D eigenvalue weighted by atomic mass is 10.2. The first-order valence-corrected chi connectivity index (χ1v) is 9.71. The van der Waals surface area contributed by atoms with Gasteiger partial charge in [0.2, 0.25) is 11.8 Å². The van der Waals surface area contributed by atoms with E-state index in [0.29, 0.717) is 38.8 Å². The van der Waals surface area contributed by atoms with Crippen molar-refractivity contribution in [3.05, 3.63) is 48.0 Å². The van der Waals surface area contributed by atoms with Gasteiger partial charge in [0.05, 0.1) is 32.5 Å². The van der Waals surface area contributed by atoms with Crippen molar-refractivity contribution < 1.29 is 23.7 Å². The Morgan fingerprint density at radius 3 is 2.71 bits per heavy atom. The third-order valence-electron chi connectivity index (χ3n) is 4.40. The summed E-state index contributed by atoms with van der Waals surface area (Å²) in [5.41, 5.74) is 1.14. The monoisotopic (exact) mass is 388 g/mol. The van der Waals surface area contributed by atoms with E-state index in [-0.39, 0.29) is 24.4 Å². The molecule has 0 radical (unpaired) electrons. The highest BCUT2D eigenvalue weighted by Gasteiger charge is 2.24. The fourth-order valence-corrected chi connectivity index (χ4v) is 2.91. The van der Waals surface area contributed by atoms with Gasteiger partial charge in [0.1, 0.15) is 6.10 Å². The fraction of sp³-hybridized carbons (Fsp3) is 0.524. The molecule has 1 aromatic carbocycles. The first-order valence-electron chi connectivity index (χ1n) is 9.71. The van der Waals surface area contributed by atoms with Crippen LogP contribution in [-0.4, -0.2) is 56.6 Å². The molecule has 7 heteroatoms. The van der Waals surface area contributed by atoms with Crippen LogP contribution in [0.4, 0.5) is 0 Å². The number of amides is 1. The molecular formula is C21H28N2O5. The van der Waals surface area contributed by atoms with Crippen molar-refractivity contribution in [2.75, 3.05) is 26.3 Å². The van der Waals surface area contributed by atoms with Crippen molar-refractivity contribution in [1.82, 2.24) is 5.32 Å². The van der Waals surface area contributed by atoms with Gasteiger partial charge < -0.3 is 24.3 Å². The average molecular weight is 388 g/mol. The molecular weight excluding hydrogens is 360 g/mol. The van der Waals surface area contributed by atoms with Crippen LogP contribution in [0.5, 0.6) is 0 Å². The predicted molar refractivity (Wildman–Crippen MR) is 105 cm³/mol. The second-order valence-electron chi connectivity index (χ2n) is 6.83. The minimum absolute atomic E-state index is 0.0204. The molecule has 2 heterocycles. The summed E-state index contributed by atoms with van der Waals surface area (Å²) in [6, 6.07) is 10.1. The van der Waals surface area contributed by atoms with Gasteiger partial charge in [-0.25, -0.2) is 4.99 Å². The van der Waals surface area contributed by atoms with Gasteiger partial charge in [-0.2, -0.15) is 0 Å². The molecule has 1 unspecified atom stereocenters. The molecule has 28 heavy (non-hydrogen) atoms. The third kappa shape index (κ3) is 7.07. The normalized spacial score (nSPS) is 24.5. The summed E-state index contributed by atoms with van der Waals surface area (Å²) < 4.78 is 23.1. The van der Waals surface area contributed by atoms with Crippen LogP contribution in [0.3, 0.4) is 0 Å². The van der Waals surface area contributed by atoms with Crippen LogP contribution < -0.4 is 5.32 Å². The maximum atomic E-state index is 10.8. The van der Waals surface area contributed by atoms with Gasteiger partial charge in [-0.1, -0.05) is 30.3 Å². The second-order valence-corrected chi connectivity index (χ2v) is 6.83. The summed E-state index contributed by atoms with van der Waals surface area (Å²) >= 11 is 0. The summed E-state index contributed by atoms with van der Waals surface area (Å²) in [6.07, 6.45) is 4.92. The average Bonchev–Trinajstić information content (AvgIpc) is 2.72. The number of carbonyl (C=O) groups is 1. The van der Waals surface area contributed by atoms with E-state index in [1.165, 1.54) is 6.92 Å². The quantitative estimate of drug-likeness (QED) is 0.691. The molecule has 1 saturated heterocycles. The highest BCUT2D eigenvalue weighted by Crippen LogP contribution is 2.15.